The maximum Gasteiger partial charge on any atom is 0.260 e. The second-order valence-corrected chi connectivity index (χ2v) is 6.57. The Bertz CT molecular complexity index is 455. The molecule has 1 aromatic rings. The van der Waals surface area contributed by atoms with Crippen molar-refractivity contribution in [2.45, 2.75) is 13.3 Å². The fourth-order valence-electron chi connectivity index (χ4n) is 2.17. The first-order chi connectivity index (χ1) is 9.02. The highest BCUT2D eigenvalue weighted by Crippen LogP contribution is 2.28. The number of likely N-dealkylation sites (tertiary alicyclic amines) is 1. The van der Waals surface area contributed by atoms with Crippen LogP contribution in [0.15, 0.2) is 24.3 Å². The zero-order valence-corrected chi connectivity index (χ0v) is 14.4. The predicted octanol–water partition coefficient (Wildman–Crippen LogP) is 2.29. The van der Waals surface area contributed by atoms with Crippen LogP contribution in [0, 0.1) is 8.99 Å². The van der Waals surface area contributed by atoms with E-state index in [9.17, 15) is 4.79 Å². The molecule has 1 aliphatic rings. The fraction of sp³-hybridized carbons (Fsp3) is 0.500. The van der Waals surface area contributed by atoms with Gasteiger partial charge < -0.3 is 15.4 Å². The van der Waals surface area contributed by atoms with Gasteiger partial charge in [-0.15, -0.1) is 12.4 Å². The standard InChI is InChI=1S/C14H19IN2O2.ClH/c1-14(9-16)6-7-17(10-14)13(18)8-19-12-4-2-11(15)3-5-12;/h2-5H,6-10,16H2,1H3;1H. The van der Waals surface area contributed by atoms with E-state index >= 15 is 0 Å². The summed E-state index contributed by atoms with van der Waals surface area (Å²) in [6, 6.07) is 7.68. The minimum Gasteiger partial charge on any atom is -0.484 e. The lowest BCUT2D eigenvalue weighted by Gasteiger charge is -2.22. The minimum atomic E-state index is 0. The van der Waals surface area contributed by atoms with Crippen molar-refractivity contribution in [2.75, 3.05) is 26.2 Å². The molecule has 6 heteroatoms. The first-order valence-electron chi connectivity index (χ1n) is 6.39. The molecule has 1 amide bonds. The molecular formula is C14H20ClIN2O2. The van der Waals surface area contributed by atoms with Crippen molar-refractivity contribution in [3.63, 3.8) is 0 Å². The van der Waals surface area contributed by atoms with Crippen molar-refractivity contribution in [2.24, 2.45) is 11.1 Å². The summed E-state index contributed by atoms with van der Waals surface area (Å²) in [5.74, 6) is 0.769. The normalized spacial score (nSPS) is 21.4. The van der Waals surface area contributed by atoms with Crippen molar-refractivity contribution in [3.05, 3.63) is 27.8 Å². The van der Waals surface area contributed by atoms with Crippen molar-refractivity contribution in [1.29, 1.82) is 0 Å². The molecule has 0 bridgehead atoms. The minimum absolute atomic E-state index is 0. The van der Waals surface area contributed by atoms with E-state index in [2.05, 4.69) is 29.5 Å². The zero-order valence-electron chi connectivity index (χ0n) is 11.5. The molecule has 0 aliphatic carbocycles. The van der Waals surface area contributed by atoms with Gasteiger partial charge in [0.1, 0.15) is 5.75 Å². The summed E-state index contributed by atoms with van der Waals surface area (Å²) < 4.78 is 6.66. The molecule has 1 atom stereocenters. The number of hydrogen-bond acceptors (Lipinski definition) is 3. The van der Waals surface area contributed by atoms with Gasteiger partial charge in [0, 0.05) is 16.7 Å². The van der Waals surface area contributed by atoms with Gasteiger partial charge in [-0.1, -0.05) is 6.92 Å². The van der Waals surface area contributed by atoms with Gasteiger partial charge in [0.15, 0.2) is 6.61 Å². The number of amides is 1. The lowest BCUT2D eigenvalue weighted by atomic mass is 9.90. The molecule has 1 aliphatic heterocycles. The van der Waals surface area contributed by atoms with Crippen LogP contribution in [-0.2, 0) is 4.79 Å². The molecule has 2 N–H and O–H groups in total. The number of ether oxygens (including phenoxy) is 1. The van der Waals surface area contributed by atoms with Gasteiger partial charge in [-0.3, -0.25) is 4.79 Å². The summed E-state index contributed by atoms with van der Waals surface area (Å²) >= 11 is 2.23. The molecule has 20 heavy (non-hydrogen) atoms. The van der Waals surface area contributed by atoms with Crippen LogP contribution in [0.3, 0.4) is 0 Å². The first kappa shape index (κ1) is 17.5. The molecule has 1 saturated heterocycles. The molecule has 1 aromatic carbocycles. The van der Waals surface area contributed by atoms with Gasteiger partial charge >= 0.3 is 0 Å². The van der Waals surface area contributed by atoms with E-state index in [1.165, 1.54) is 0 Å². The molecular weight excluding hydrogens is 391 g/mol. The lowest BCUT2D eigenvalue weighted by Crippen LogP contribution is -2.36. The van der Waals surface area contributed by atoms with E-state index in [0.717, 1.165) is 28.8 Å². The van der Waals surface area contributed by atoms with E-state index in [4.69, 9.17) is 10.5 Å². The van der Waals surface area contributed by atoms with E-state index in [1.54, 1.807) is 0 Å². The number of rotatable bonds is 4. The van der Waals surface area contributed by atoms with Gasteiger partial charge in [-0.05, 0) is 65.2 Å². The Labute approximate surface area is 139 Å². The molecule has 1 heterocycles. The van der Waals surface area contributed by atoms with Crippen LogP contribution in [0.2, 0.25) is 0 Å². The molecule has 0 saturated carbocycles. The molecule has 0 spiro atoms. The molecule has 1 fully saturated rings. The maximum atomic E-state index is 12.0. The van der Waals surface area contributed by atoms with Crippen molar-refractivity contribution < 1.29 is 9.53 Å². The highest BCUT2D eigenvalue weighted by Gasteiger charge is 2.34. The number of benzene rings is 1. The molecule has 0 radical (unpaired) electrons. The smallest absolute Gasteiger partial charge is 0.260 e. The summed E-state index contributed by atoms with van der Waals surface area (Å²) in [6.07, 6.45) is 0.971. The largest absolute Gasteiger partial charge is 0.484 e. The Balaban J connectivity index is 0.00000200. The summed E-state index contributed by atoms with van der Waals surface area (Å²) in [6.45, 7) is 4.36. The average Bonchev–Trinajstić information content (AvgIpc) is 2.81. The fourth-order valence-corrected chi connectivity index (χ4v) is 2.53. The number of nitrogens with two attached hydrogens (primary N) is 1. The van der Waals surface area contributed by atoms with Crippen LogP contribution in [0.1, 0.15) is 13.3 Å². The molecule has 112 valence electrons. The molecule has 2 rings (SSSR count). The SMILES string of the molecule is CC1(CN)CCN(C(=O)COc2ccc(I)cc2)C1.Cl. The Kier molecular flexibility index (Phi) is 6.54. The monoisotopic (exact) mass is 410 g/mol. The Hall–Kier alpha value is -0.530. The number of carbonyl (C=O) groups excluding carboxylic acids is 1. The molecule has 0 aromatic heterocycles. The predicted molar refractivity (Wildman–Crippen MR) is 90.3 cm³/mol. The summed E-state index contributed by atoms with van der Waals surface area (Å²) in [5.41, 5.74) is 5.81. The van der Waals surface area contributed by atoms with Gasteiger partial charge in [0.25, 0.3) is 5.91 Å². The van der Waals surface area contributed by atoms with Gasteiger partial charge in [0.2, 0.25) is 0 Å². The number of carbonyl (C=O) groups is 1. The van der Waals surface area contributed by atoms with E-state index in [1.807, 2.05) is 29.2 Å². The zero-order chi connectivity index (χ0) is 13.9. The van der Waals surface area contributed by atoms with Crippen LogP contribution in [-0.4, -0.2) is 37.0 Å². The van der Waals surface area contributed by atoms with Gasteiger partial charge in [-0.25, -0.2) is 0 Å². The Morgan fingerprint density at radius 2 is 2.10 bits per heavy atom. The van der Waals surface area contributed by atoms with E-state index in [-0.39, 0.29) is 30.3 Å². The third kappa shape index (κ3) is 4.49. The van der Waals surface area contributed by atoms with E-state index < -0.39 is 0 Å². The summed E-state index contributed by atoms with van der Waals surface area (Å²) in [7, 11) is 0. The van der Waals surface area contributed by atoms with Gasteiger partial charge in [0.05, 0.1) is 0 Å². The molecule has 1 unspecified atom stereocenters. The second-order valence-electron chi connectivity index (χ2n) is 5.32. The Morgan fingerprint density at radius 1 is 1.45 bits per heavy atom. The van der Waals surface area contributed by atoms with Crippen molar-refractivity contribution in [3.8, 4) is 5.75 Å². The number of halogens is 2. The quantitative estimate of drug-likeness (QED) is 0.775. The first-order valence-corrected chi connectivity index (χ1v) is 7.46. The topological polar surface area (TPSA) is 55.6 Å². The van der Waals surface area contributed by atoms with E-state index in [0.29, 0.717) is 6.54 Å². The lowest BCUT2D eigenvalue weighted by molar-refractivity contribution is -0.132. The molecule has 4 nitrogen and oxygen atoms in total. The van der Waals surface area contributed by atoms with Gasteiger partial charge in [-0.2, -0.15) is 0 Å². The van der Waals surface area contributed by atoms with Crippen molar-refractivity contribution in [1.82, 2.24) is 4.90 Å². The highest BCUT2D eigenvalue weighted by atomic mass is 127. The summed E-state index contributed by atoms with van der Waals surface area (Å²) in [5, 5.41) is 0. The second kappa shape index (κ2) is 7.47. The van der Waals surface area contributed by atoms with Crippen LogP contribution in [0.4, 0.5) is 0 Å². The van der Waals surface area contributed by atoms with Crippen LogP contribution >= 0.6 is 35.0 Å². The summed E-state index contributed by atoms with van der Waals surface area (Å²) in [4.78, 5) is 13.9. The highest BCUT2D eigenvalue weighted by molar-refractivity contribution is 14.1. The van der Waals surface area contributed by atoms with Crippen molar-refractivity contribution >= 4 is 40.9 Å². The van der Waals surface area contributed by atoms with Crippen LogP contribution in [0.5, 0.6) is 5.75 Å². The van der Waals surface area contributed by atoms with Crippen LogP contribution < -0.4 is 10.5 Å². The maximum absolute atomic E-state index is 12.0. The number of hydrogen-bond donors (Lipinski definition) is 1. The average molecular weight is 411 g/mol. The number of nitrogens with zero attached hydrogens (tertiary/aromatic N) is 1. The van der Waals surface area contributed by atoms with Crippen LogP contribution in [0.25, 0.3) is 0 Å². The Morgan fingerprint density at radius 3 is 2.65 bits per heavy atom. The third-order valence-electron chi connectivity index (χ3n) is 3.58. The third-order valence-corrected chi connectivity index (χ3v) is 4.30.